The first-order valence-corrected chi connectivity index (χ1v) is 7.13. The zero-order chi connectivity index (χ0) is 15.4. The maximum absolute atomic E-state index is 12.1. The minimum Gasteiger partial charge on any atom is -0.349 e. The van der Waals surface area contributed by atoms with Crippen molar-refractivity contribution in [3.05, 3.63) is 48.5 Å². The Morgan fingerprint density at radius 1 is 1.26 bits per heavy atom. The predicted molar refractivity (Wildman–Crippen MR) is 97.4 cm³/mol. The Morgan fingerprint density at radius 2 is 1.96 bits per heavy atom. The Hall–Kier alpha value is -1.56. The van der Waals surface area contributed by atoms with Gasteiger partial charge in [0.05, 0.1) is 12.4 Å². The number of carbonyl (C=O) groups is 1. The predicted octanol–water partition coefficient (Wildman–Crippen LogP) is 2.88. The van der Waals surface area contributed by atoms with Crippen molar-refractivity contribution in [2.24, 2.45) is 11.7 Å². The number of rotatable bonds is 5. The normalized spacial score (nSPS) is 13.9. The van der Waals surface area contributed by atoms with Crippen LogP contribution >= 0.6 is 24.8 Å². The van der Waals surface area contributed by atoms with Crippen LogP contribution in [0.3, 0.4) is 0 Å². The maximum atomic E-state index is 12.1. The van der Waals surface area contributed by atoms with Gasteiger partial charge in [0.2, 0.25) is 5.91 Å². The maximum Gasteiger partial charge on any atom is 0.224 e. The summed E-state index contributed by atoms with van der Waals surface area (Å²) in [7, 11) is 0. The molecule has 2 rings (SSSR count). The van der Waals surface area contributed by atoms with Gasteiger partial charge in [0.15, 0.2) is 0 Å². The number of imidazole rings is 1. The molecule has 0 aliphatic rings. The zero-order valence-corrected chi connectivity index (χ0v) is 15.1. The molecule has 2 aromatic rings. The second kappa shape index (κ2) is 9.55. The summed E-state index contributed by atoms with van der Waals surface area (Å²) in [4.78, 5) is 16.1. The molecule has 3 atom stereocenters. The summed E-state index contributed by atoms with van der Waals surface area (Å²) in [5, 5.41) is 3.01. The molecular weight excluding hydrogens is 335 g/mol. The van der Waals surface area contributed by atoms with Crippen LogP contribution in [0, 0.1) is 5.92 Å². The van der Waals surface area contributed by atoms with Gasteiger partial charge in [-0.15, -0.1) is 24.8 Å². The number of nitrogens with one attached hydrogen (secondary N) is 1. The van der Waals surface area contributed by atoms with E-state index >= 15 is 0 Å². The topological polar surface area (TPSA) is 72.9 Å². The highest BCUT2D eigenvalue weighted by molar-refractivity contribution is 5.85. The van der Waals surface area contributed by atoms with E-state index in [9.17, 15) is 4.79 Å². The van der Waals surface area contributed by atoms with Crippen LogP contribution in [-0.2, 0) is 4.79 Å². The average molecular weight is 359 g/mol. The fourth-order valence-corrected chi connectivity index (χ4v) is 2.03. The molecule has 0 bridgehead atoms. The Balaban J connectivity index is 0.00000242. The lowest BCUT2D eigenvalue weighted by atomic mass is 10.0. The number of carbonyl (C=O) groups excluding carboxylic acids is 1. The second-order valence-electron chi connectivity index (χ2n) is 5.44. The molecule has 1 aromatic carbocycles. The van der Waals surface area contributed by atoms with Gasteiger partial charge in [0, 0.05) is 30.0 Å². The molecule has 0 spiro atoms. The van der Waals surface area contributed by atoms with Crippen LogP contribution in [0.15, 0.2) is 43.0 Å². The number of nitrogens with zero attached hydrogens (tertiary/aromatic N) is 2. The molecule has 0 saturated heterocycles. The highest BCUT2D eigenvalue weighted by Gasteiger charge is 2.19. The summed E-state index contributed by atoms with van der Waals surface area (Å²) in [5.74, 6) is -0.227. The molecule has 23 heavy (non-hydrogen) atoms. The molecule has 0 fully saturated rings. The fraction of sp³-hybridized carbons (Fsp3) is 0.375. The molecule has 0 aliphatic heterocycles. The highest BCUT2D eigenvalue weighted by atomic mass is 35.5. The van der Waals surface area contributed by atoms with Crippen LogP contribution in [0.5, 0.6) is 0 Å². The van der Waals surface area contributed by atoms with Gasteiger partial charge in [-0.2, -0.15) is 0 Å². The Kier molecular flexibility index (Phi) is 8.90. The first-order valence-electron chi connectivity index (χ1n) is 7.13. The Labute approximate surface area is 149 Å². The van der Waals surface area contributed by atoms with E-state index in [1.54, 1.807) is 12.5 Å². The number of hydrogen-bond acceptors (Lipinski definition) is 3. The van der Waals surface area contributed by atoms with Crippen molar-refractivity contribution < 1.29 is 4.79 Å². The molecule has 0 aliphatic carbocycles. The first kappa shape index (κ1) is 21.4. The van der Waals surface area contributed by atoms with Crippen molar-refractivity contribution in [1.82, 2.24) is 14.9 Å². The smallest absolute Gasteiger partial charge is 0.224 e. The number of benzene rings is 1. The van der Waals surface area contributed by atoms with Crippen molar-refractivity contribution in [3.8, 4) is 5.69 Å². The summed E-state index contributed by atoms with van der Waals surface area (Å²) >= 11 is 0. The summed E-state index contributed by atoms with van der Waals surface area (Å²) in [5.41, 5.74) is 7.84. The number of halogens is 2. The number of hydrogen-bond donors (Lipinski definition) is 2. The molecule has 0 saturated carbocycles. The molecule has 1 heterocycles. The lowest BCUT2D eigenvalue weighted by molar-refractivity contribution is -0.125. The van der Waals surface area contributed by atoms with Gasteiger partial charge in [0.25, 0.3) is 0 Å². The van der Waals surface area contributed by atoms with Gasteiger partial charge in [-0.25, -0.2) is 4.98 Å². The number of nitrogens with two attached hydrogens (primary N) is 1. The third-order valence-corrected chi connectivity index (χ3v) is 3.73. The van der Waals surface area contributed by atoms with Crippen LogP contribution in [0.2, 0.25) is 0 Å². The Morgan fingerprint density at radius 3 is 2.52 bits per heavy atom. The van der Waals surface area contributed by atoms with E-state index in [1.165, 1.54) is 0 Å². The van der Waals surface area contributed by atoms with Crippen LogP contribution in [-0.4, -0.2) is 21.5 Å². The summed E-state index contributed by atoms with van der Waals surface area (Å²) < 4.78 is 1.93. The number of amides is 1. The SMILES string of the molecule is CC(NC(=O)C(C)C(C)N)c1cccc(-n2ccnc2)c1.Cl.Cl. The summed E-state index contributed by atoms with van der Waals surface area (Å²) in [6.45, 7) is 5.65. The van der Waals surface area contributed by atoms with Crippen molar-refractivity contribution in [2.45, 2.75) is 32.9 Å². The minimum atomic E-state index is -0.204. The van der Waals surface area contributed by atoms with Gasteiger partial charge in [-0.1, -0.05) is 19.1 Å². The molecule has 1 aromatic heterocycles. The van der Waals surface area contributed by atoms with Gasteiger partial charge in [0.1, 0.15) is 0 Å². The van der Waals surface area contributed by atoms with E-state index < -0.39 is 0 Å². The highest BCUT2D eigenvalue weighted by Crippen LogP contribution is 2.17. The molecular formula is C16H24Cl2N4O. The standard InChI is InChI=1S/C16H22N4O.2ClH/c1-11(12(2)17)16(21)19-13(3)14-5-4-6-15(9-14)20-8-7-18-10-20;;/h4-13H,17H2,1-3H3,(H,19,21);2*1H. The van der Waals surface area contributed by atoms with Crippen LogP contribution in [0.4, 0.5) is 0 Å². The lowest BCUT2D eigenvalue weighted by Gasteiger charge is -2.20. The van der Waals surface area contributed by atoms with Gasteiger partial charge < -0.3 is 15.6 Å². The van der Waals surface area contributed by atoms with Crippen molar-refractivity contribution in [2.75, 3.05) is 0 Å². The second-order valence-corrected chi connectivity index (χ2v) is 5.44. The fourth-order valence-electron chi connectivity index (χ4n) is 2.03. The van der Waals surface area contributed by atoms with E-state index in [0.717, 1.165) is 11.3 Å². The van der Waals surface area contributed by atoms with Crippen LogP contribution < -0.4 is 11.1 Å². The molecule has 5 nitrogen and oxygen atoms in total. The van der Waals surface area contributed by atoms with Crippen molar-refractivity contribution >= 4 is 30.7 Å². The molecule has 1 amide bonds. The van der Waals surface area contributed by atoms with Crippen molar-refractivity contribution in [3.63, 3.8) is 0 Å². The molecule has 7 heteroatoms. The number of aromatic nitrogens is 2. The first-order chi connectivity index (χ1) is 9.99. The van der Waals surface area contributed by atoms with Crippen LogP contribution in [0.25, 0.3) is 5.69 Å². The van der Waals surface area contributed by atoms with E-state index in [1.807, 2.05) is 55.8 Å². The Bertz CT molecular complexity index is 602. The molecule has 128 valence electrons. The summed E-state index contributed by atoms with van der Waals surface area (Å²) in [6, 6.07) is 7.80. The zero-order valence-electron chi connectivity index (χ0n) is 13.5. The van der Waals surface area contributed by atoms with Gasteiger partial charge in [-0.3, -0.25) is 4.79 Å². The van der Waals surface area contributed by atoms with E-state index in [4.69, 9.17) is 5.73 Å². The molecule has 3 unspecified atom stereocenters. The van der Waals surface area contributed by atoms with Crippen molar-refractivity contribution in [1.29, 1.82) is 0 Å². The monoisotopic (exact) mass is 358 g/mol. The third-order valence-electron chi connectivity index (χ3n) is 3.73. The largest absolute Gasteiger partial charge is 0.349 e. The van der Waals surface area contributed by atoms with Gasteiger partial charge >= 0.3 is 0 Å². The molecule has 0 radical (unpaired) electrons. The van der Waals surface area contributed by atoms with Crippen LogP contribution in [0.1, 0.15) is 32.4 Å². The lowest BCUT2D eigenvalue weighted by Crippen LogP contribution is -2.39. The van der Waals surface area contributed by atoms with E-state index in [-0.39, 0.29) is 48.7 Å². The van der Waals surface area contributed by atoms with E-state index in [2.05, 4.69) is 10.3 Å². The van der Waals surface area contributed by atoms with Gasteiger partial charge in [-0.05, 0) is 31.5 Å². The van der Waals surface area contributed by atoms with E-state index in [0.29, 0.717) is 0 Å². The average Bonchev–Trinajstić information content (AvgIpc) is 3.00. The summed E-state index contributed by atoms with van der Waals surface area (Å²) in [6.07, 6.45) is 5.38. The third kappa shape index (κ3) is 5.53. The quantitative estimate of drug-likeness (QED) is 0.862. The molecule has 3 N–H and O–H groups in total. The minimum absolute atomic E-state index is 0.